The SMILES string of the molecule is COc1ccc(C(CC(=O)c2cc3ccccc3oc2=O)Nc2ccc(C(=O)O)cc2)cc1. The van der Waals surface area contributed by atoms with Gasteiger partial charge in [0.2, 0.25) is 0 Å². The van der Waals surface area contributed by atoms with E-state index in [0.717, 1.165) is 5.56 Å². The highest BCUT2D eigenvalue weighted by atomic mass is 16.5. The lowest BCUT2D eigenvalue weighted by atomic mass is 9.97. The fourth-order valence-electron chi connectivity index (χ4n) is 3.55. The van der Waals surface area contributed by atoms with Crippen LogP contribution in [0.25, 0.3) is 11.0 Å². The van der Waals surface area contributed by atoms with Crippen LogP contribution >= 0.6 is 0 Å². The molecule has 3 aromatic carbocycles. The van der Waals surface area contributed by atoms with Crippen molar-refractivity contribution in [1.29, 1.82) is 0 Å². The van der Waals surface area contributed by atoms with Crippen molar-refractivity contribution in [2.24, 2.45) is 0 Å². The van der Waals surface area contributed by atoms with Crippen LogP contribution in [0.3, 0.4) is 0 Å². The number of rotatable bonds is 8. The minimum atomic E-state index is -1.02. The first-order valence-corrected chi connectivity index (χ1v) is 10.2. The summed E-state index contributed by atoms with van der Waals surface area (Å²) in [5, 5.41) is 13.1. The van der Waals surface area contributed by atoms with Crippen molar-refractivity contribution in [1.82, 2.24) is 0 Å². The Morgan fingerprint density at radius 1 is 1.00 bits per heavy atom. The molecule has 1 unspecified atom stereocenters. The predicted octanol–water partition coefficient (Wildman–Crippen LogP) is 4.93. The van der Waals surface area contributed by atoms with E-state index in [9.17, 15) is 14.4 Å². The second kappa shape index (κ2) is 9.40. The topological polar surface area (TPSA) is 106 Å². The van der Waals surface area contributed by atoms with Gasteiger partial charge in [-0.2, -0.15) is 0 Å². The molecule has 0 spiro atoms. The molecule has 0 saturated carbocycles. The molecule has 33 heavy (non-hydrogen) atoms. The second-order valence-electron chi connectivity index (χ2n) is 7.47. The number of carbonyl (C=O) groups is 2. The summed E-state index contributed by atoms with van der Waals surface area (Å²) in [6, 6.07) is 21.5. The van der Waals surface area contributed by atoms with Crippen LogP contribution in [0.1, 0.15) is 38.7 Å². The third kappa shape index (κ3) is 4.93. The first-order chi connectivity index (χ1) is 15.9. The first-order valence-electron chi connectivity index (χ1n) is 10.2. The highest BCUT2D eigenvalue weighted by Crippen LogP contribution is 2.27. The minimum Gasteiger partial charge on any atom is -0.497 e. The number of benzene rings is 3. The number of hydrogen-bond acceptors (Lipinski definition) is 6. The van der Waals surface area contributed by atoms with E-state index in [1.165, 1.54) is 12.1 Å². The van der Waals surface area contributed by atoms with Gasteiger partial charge in [0, 0.05) is 17.5 Å². The van der Waals surface area contributed by atoms with Crippen LogP contribution in [0, 0.1) is 0 Å². The van der Waals surface area contributed by atoms with Gasteiger partial charge >= 0.3 is 11.6 Å². The fourth-order valence-corrected chi connectivity index (χ4v) is 3.55. The molecule has 0 aliphatic rings. The van der Waals surface area contributed by atoms with Gasteiger partial charge in [0.15, 0.2) is 5.78 Å². The van der Waals surface area contributed by atoms with Crippen LogP contribution in [0.5, 0.6) is 5.75 Å². The number of carboxylic acid groups (broad SMARTS) is 1. The van der Waals surface area contributed by atoms with E-state index < -0.39 is 17.6 Å². The van der Waals surface area contributed by atoms with Gasteiger partial charge in [-0.15, -0.1) is 0 Å². The number of Topliss-reactive ketones (excluding diaryl/α,β-unsaturated/α-hetero) is 1. The van der Waals surface area contributed by atoms with E-state index in [0.29, 0.717) is 22.4 Å². The van der Waals surface area contributed by atoms with Crippen LogP contribution in [0.15, 0.2) is 88.1 Å². The molecule has 4 rings (SSSR count). The maximum atomic E-state index is 13.1. The molecule has 0 amide bonds. The maximum Gasteiger partial charge on any atom is 0.347 e. The third-order valence-electron chi connectivity index (χ3n) is 5.32. The molecule has 0 bridgehead atoms. The number of methoxy groups -OCH3 is 1. The third-order valence-corrected chi connectivity index (χ3v) is 5.32. The van der Waals surface area contributed by atoms with E-state index in [4.69, 9.17) is 14.3 Å². The number of para-hydroxylation sites is 1. The van der Waals surface area contributed by atoms with E-state index in [1.54, 1.807) is 61.7 Å². The number of carbonyl (C=O) groups excluding carboxylic acids is 1. The molecule has 0 fully saturated rings. The summed E-state index contributed by atoms with van der Waals surface area (Å²) in [5.41, 5.74) is 1.32. The van der Waals surface area contributed by atoms with Crippen LogP contribution in [0.4, 0.5) is 5.69 Å². The van der Waals surface area contributed by atoms with E-state index in [-0.39, 0.29) is 23.3 Å². The van der Waals surface area contributed by atoms with Crippen LogP contribution in [0.2, 0.25) is 0 Å². The molecule has 2 N–H and O–H groups in total. The van der Waals surface area contributed by atoms with Crippen molar-refractivity contribution in [3.8, 4) is 5.75 Å². The number of ether oxygens (including phenoxy) is 1. The predicted molar refractivity (Wildman–Crippen MR) is 124 cm³/mol. The van der Waals surface area contributed by atoms with E-state index in [2.05, 4.69) is 5.32 Å². The zero-order chi connectivity index (χ0) is 23.4. The van der Waals surface area contributed by atoms with Crippen LogP contribution < -0.4 is 15.7 Å². The van der Waals surface area contributed by atoms with Crippen LogP contribution in [-0.2, 0) is 0 Å². The summed E-state index contributed by atoms with van der Waals surface area (Å²) in [6.45, 7) is 0. The zero-order valence-corrected chi connectivity index (χ0v) is 17.8. The minimum absolute atomic E-state index is 0.0177. The van der Waals surface area contributed by atoms with Crippen molar-refractivity contribution in [2.75, 3.05) is 12.4 Å². The Kier molecular flexibility index (Phi) is 6.22. The Balaban J connectivity index is 1.65. The zero-order valence-electron chi connectivity index (χ0n) is 17.8. The molecule has 1 atom stereocenters. The number of fused-ring (bicyclic) bond motifs is 1. The lowest BCUT2D eigenvalue weighted by molar-refractivity contribution is 0.0696. The Bertz CT molecular complexity index is 1360. The normalized spacial score (nSPS) is 11.7. The number of nitrogens with one attached hydrogen (secondary N) is 1. The molecule has 1 heterocycles. The molecular formula is C26H21NO6. The molecule has 0 aliphatic carbocycles. The van der Waals surface area contributed by atoms with E-state index >= 15 is 0 Å². The number of hydrogen-bond donors (Lipinski definition) is 2. The molecule has 0 saturated heterocycles. The summed E-state index contributed by atoms with van der Waals surface area (Å²) in [6.07, 6.45) is -0.0177. The second-order valence-corrected chi connectivity index (χ2v) is 7.47. The lowest BCUT2D eigenvalue weighted by Crippen LogP contribution is -2.20. The van der Waals surface area contributed by atoms with Gasteiger partial charge in [-0.05, 0) is 54.1 Å². The van der Waals surface area contributed by atoms with Crippen molar-refractivity contribution in [2.45, 2.75) is 12.5 Å². The lowest BCUT2D eigenvalue weighted by Gasteiger charge is -2.20. The largest absolute Gasteiger partial charge is 0.497 e. The molecule has 7 heteroatoms. The standard InChI is InChI=1S/C26H21NO6/c1-32-20-12-8-16(9-13-20)22(27-19-10-6-17(7-11-19)25(29)30)15-23(28)21-14-18-4-2-3-5-24(18)33-26(21)31/h2-14,22,27H,15H2,1H3,(H,29,30). The first kappa shape index (κ1) is 21.8. The molecule has 0 aliphatic heterocycles. The van der Waals surface area contributed by atoms with Crippen molar-refractivity contribution in [3.63, 3.8) is 0 Å². The quantitative estimate of drug-likeness (QED) is 0.294. The van der Waals surface area contributed by atoms with Gasteiger partial charge in [0.05, 0.1) is 18.7 Å². The van der Waals surface area contributed by atoms with Crippen LogP contribution in [-0.4, -0.2) is 24.0 Å². The van der Waals surface area contributed by atoms with Gasteiger partial charge in [-0.3, -0.25) is 4.79 Å². The van der Waals surface area contributed by atoms with Gasteiger partial charge in [-0.1, -0.05) is 30.3 Å². The van der Waals surface area contributed by atoms with Crippen molar-refractivity contribution >= 4 is 28.4 Å². The fraction of sp³-hybridized carbons (Fsp3) is 0.115. The Morgan fingerprint density at radius 3 is 2.36 bits per heavy atom. The Hall–Kier alpha value is -4.39. The highest BCUT2D eigenvalue weighted by Gasteiger charge is 2.21. The molecule has 1 aromatic heterocycles. The van der Waals surface area contributed by atoms with Crippen molar-refractivity contribution < 1.29 is 23.8 Å². The monoisotopic (exact) mass is 443 g/mol. The smallest absolute Gasteiger partial charge is 0.347 e. The average Bonchev–Trinajstić information content (AvgIpc) is 2.83. The van der Waals surface area contributed by atoms with Gasteiger partial charge in [0.25, 0.3) is 0 Å². The van der Waals surface area contributed by atoms with Gasteiger partial charge in [-0.25, -0.2) is 9.59 Å². The maximum absolute atomic E-state index is 13.1. The highest BCUT2D eigenvalue weighted by molar-refractivity contribution is 5.98. The molecule has 0 radical (unpaired) electrons. The summed E-state index contributed by atoms with van der Waals surface area (Å²) in [4.78, 5) is 36.7. The Labute approximate surface area is 189 Å². The number of aromatic carboxylic acids is 1. The number of carboxylic acids is 1. The summed E-state index contributed by atoms with van der Waals surface area (Å²) >= 11 is 0. The molecule has 7 nitrogen and oxygen atoms in total. The number of ketones is 1. The average molecular weight is 443 g/mol. The van der Waals surface area contributed by atoms with E-state index in [1.807, 2.05) is 12.1 Å². The van der Waals surface area contributed by atoms with Crippen molar-refractivity contribution in [3.05, 3.63) is 106 Å². The molecule has 166 valence electrons. The molecule has 4 aromatic rings. The van der Waals surface area contributed by atoms with Gasteiger partial charge in [0.1, 0.15) is 16.9 Å². The summed E-state index contributed by atoms with van der Waals surface area (Å²) in [5.74, 6) is -0.721. The summed E-state index contributed by atoms with van der Waals surface area (Å²) < 4.78 is 10.5. The van der Waals surface area contributed by atoms with Gasteiger partial charge < -0.3 is 19.6 Å². The number of anilines is 1. The summed E-state index contributed by atoms with van der Waals surface area (Å²) in [7, 11) is 1.57. The molecular weight excluding hydrogens is 422 g/mol. The Morgan fingerprint density at radius 2 is 1.70 bits per heavy atom.